The minimum absolute atomic E-state index is 0.391. The Morgan fingerprint density at radius 1 is 1.62 bits per heavy atom. The predicted molar refractivity (Wildman–Crippen MR) is 52.8 cm³/mol. The summed E-state index contributed by atoms with van der Waals surface area (Å²) in [5, 5.41) is 4.41. The average Bonchev–Trinajstić information content (AvgIpc) is 2.01. The summed E-state index contributed by atoms with van der Waals surface area (Å²) in [6, 6.07) is 0. The molecule has 13 heavy (non-hydrogen) atoms. The van der Waals surface area contributed by atoms with E-state index in [0.717, 1.165) is 0 Å². The summed E-state index contributed by atoms with van der Waals surface area (Å²) in [5.74, 6) is 0. The summed E-state index contributed by atoms with van der Waals surface area (Å²) in [4.78, 5) is 0. The quantitative estimate of drug-likeness (QED) is 0.650. The molecule has 0 aliphatic carbocycles. The van der Waals surface area contributed by atoms with E-state index >= 15 is 0 Å². The highest BCUT2D eigenvalue weighted by Gasteiger charge is 2.28. The van der Waals surface area contributed by atoms with Crippen molar-refractivity contribution in [3.05, 3.63) is 12.7 Å². The molecule has 5 heteroatoms. The van der Waals surface area contributed by atoms with Gasteiger partial charge in [-0.2, -0.15) is 0 Å². The lowest BCUT2D eigenvalue weighted by Gasteiger charge is -2.21. The van der Waals surface area contributed by atoms with Gasteiger partial charge in [0.05, 0.1) is 6.10 Å². The Morgan fingerprint density at radius 3 is 2.38 bits per heavy atom. The molecule has 4 nitrogen and oxygen atoms in total. The highest BCUT2D eigenvalue weighted by Crippen LogP contribution is 2.13. The number of hydrogen-bond donors (Lipinski definition) is 1. The molecule has 0 spiro atoms. The Labute approximate surface area is 79.8 Å². The minimum atomic E-state index is -3.52. The molecule has 0 heterocycles. The number of methoxy groups -OCH3 is 1. The van der Waals surface area contributed by atoms with Gasteiger partial charge in [-0.15, -0.1) is 6.58 Å². The zero-order valence-electron chi connectivity index (χ0n) is 8.06. The van der Waals surface area contributed by atoms with Gasteiger partial charge in [0, 0.05) is 7.11 Å². The van der Waals surface area contributed by atoms with Crippen LogP contribution in [0.4, 0.5) is 0 Å². The monoisotopic (exact) mass is 207 g/mol. The van der Waals surface area contributed by atoms with Gasteiger partial charge in [-0.25, -0.2) is 13.6 Å². The smallest absolute Gasteiger partial charge is 0.214 e. The first-order chi connectivity index (χ1) is 5.97. The molecule has 78 valence electrons. The maximum absolute atomic E-state index is 11.1. The molecule has 0 aliphatic heterocycles. The van der Waals surface area contributed by atoms with Crippen LogP contribution in [0.3, 0.4) is 0 Å². The summed E-state index contributed by atoms with van der Waals surface area (Å²) < 4.78 is 27.2. The van der Waals surface area contributed by atoms with Gasteiger partial charge in [0.25, 0.3) is 0 Å². The number of ether oxygens (including phenoxy) is 1. The van der Waals surface area contributed by atoms with Crippen LogP contribution in [0.15, 0.2) is 12.7 Å². The fraction of sp³-hybridized carbons (Fsp3) is 0.750. The van der Waals surface area contributed by atoms with Crippen LogP contribution in [0, 0.1) is 0 Å². The van der Waals surface area contributed by atoms with Crippen LogP contribution < -0.4 is 5.14 Å². The maximum Gasteiger partial charge on any atom is 0.214 e. The first-order valence-corrected chi connectivity index (χ1v) is 5.73. The lowest BCUT2D eigenvalue weighted by Crippen LogP contribution is -2.39. The van der Waals surface area contributed by atoms with Crippen molar-refractivity contribution in [2.75, 3.05) is 7.11 Å². The highest BCUT2D eigenvalue weighted by molar-refractivity contribution is 7.89. The Bertz CT molecular complexity index is 248. The Morgan fingerprint density at radius 2 is 2.15 bits per heavy atom. The standard InChI is InChI=1S/C8H17NO3S/c1-4-6-7(12-3)8(5-2)13(9,10)11/h4,7-8H,1,5-6H2,2-3H3,(H2,9,10,11)/t7-,8+/m0/s1. The van der Waals surface area contributed by atoms with E-state index in [0.29, 0.717) is 12.8 Å². The third kappa shape index (κ3) is 3.89. The van der Waals surface area contributed by atoms with E-state index in [9.17, 15) is 8.42 Å². The first kappa shape index (κ1) is 12.6. The SMILES string of the molecule is C=CC[C@H](OC)[C@@H](CC)S(N)(=O)=O. The van der Waals surface area contributed by atoms with Crippen molar-refractivity contribution in [2.45, 2.75) is 31.1 Å². The molecule has 0 aliphatic rings. The van der Waals surface area contributed by atoms with E-state index in [1.165, 1.54) is 7.11 Å². The Balaban J connectivity index is 4.62. The van der Waals surface area contributed by atoms with Crippen LogP contribution >= 0.6 is 0 Å². The lowest BCUT2D eigenvalue weighted by atomic mass is 10.1. The average molecular weight is 207 g/mol. The van der Waals surface area contributed by atoms with Crippen molar-refractivity contribution in [1.29, 1.82) is 0 Å². The molecule has 0 rings (SSSR count). The van der Waals surface area contributed by atoms with Crippen molar-refractivity contribution in [3.63, 3.8) is 0 Å². The molecular weight excluding hydrogens is 190 g/mol. The van der Waals surface area contributed by atoms with Gasteiger partial charge >= 0.3 is 0 Å². The number of nitrogens with two attached hydrogens (primary N) is 1. The largest absolute Gasteiger partial charge is 0.380 e. The Hall–Kier alpha value is -0.390. The molecule has 2 N–H and O–H groups in total. The third-order valence-electron chi connectivity index (χ3n) is 1.94. The molecule has 2 atom stereocenters. The molecule has 0 unspecified atom stereocenters. The van der Waals surface area contributed by atoms with Crippen molar-refractivity contribution in [2.24, 2.45) is 5.14 Å². The summed E-state index contributed by atoms with van der Waals surface area (Å²) in [6.45, 7) is 5.30. The topological polar surface area (TPSA) is 69.4 Å². The van der Waals surface area contributed by atoms with Crippen LogP contribution in [-0.2, 0) is 14.8 Å². The van der Waals surface area contributed by atoms with Crippen molar-refractivity contribution < 1.29 is 13.2 Å². The van der Waals surface area contributed by atoms with Crippen molar-refractivity contribution in [3.8, 4) is 0 Å². The van der Waals surface area contributed by atoms with E-state index in [2.05, 4.69) is 6.58 Å². The number of hydrogen-bond acceptors (Lipinski definition) is 3. The van der Waals surface area contributed by atoms with E-state index in [-0.39, 0.29) is 0 Å². The molecule has 0 bridgehead atoms. The van der Waals surface area contributed by atoms with Gasteiger partial charge in [-0.1, -0.05) is 13.0 Å². The number of rotatable bonds is 6. The van der Waals surface area contributed by atoms with Crippen LogP contribution in [0.2, 0.25) is 0 Å². The second kappa shape index (κ2) is 5.36. The molecule has 0 saturated heterocycles. The van der Waals surface area contributed by atoms with Crippen molar-refractivity contribution in [1.82, 2.24) is 0 Å². The highest BCUT2D eigenvalue weighted by atomic mass is 32.2. The summed E-state index contributed by atoms with van der Waals surface area (Å²) in [7, 11) is -2.05. The summed E-state index contributed by atoms with van der Waals surface area (Å²) in [6.07, 6.45) is 2.18. The fourth-order valence-corrected chi connectivity index (χ4v) is 2.38. The normalized spacial score (nSPS) is 16.5. The molecule has 0 radical (unpaired) electrons. The van der Waals surface area contributed by atoms with Gasteiger partial charge < -0.3 is 4.74 Å². The van der Waals surface area contributed by atoms with Gasteiger partial charge in [0.1, 0.15) is 5.25 Å². The molecule has 0 fully saturated rings. The molecule has 0 saturated carbocycles. The van der Waals surface area contributed by atoms with Gasteiger partial charge in [0.15, 0.2) is 0 Å². The van der Waals surface area contributed by atoms with E-state index in [4.69, 9.17) is 9.88 Å². The zero-order chi connectivity index (χ0) is 10.5. The molecule has 0 amide bonds. The molecule has 0 aromatic carbocycles. The predicted octanol–water partition coefficient (Wildman–Crippen LogP) is 0.645. The fourth-order valence-electron chi connectivity index (χ4n) is 1.27. The van der Waals surface area contributed by atoms with Crippen molar-refractivity contribution >= 4 is 10.0 Å². The van der Waals surface area contributed by atoms with E-state index < -0.39 is 21.4 Å². The van der Waals surface area contributed by atoms with E-state index in [1.54, 1.807) is 13.0 Å². The Kier molecular flexibility index (Phi) is 5.20. The van der Waals surface area contributed by atoms with Crippen LogP contribution in [0.5, 0.6) is 0 Å². The third-order valence-corrected chi connectivity index (χ3v) is 3.42. The maximum atomic E-state index is 11.1. The van der Waals surface area contributed by atoms with Gasteiger partial charge in [-0.05, 0) is 12.8 Å². The minimum Gasteiger partial charge on any atom is -0.380 e. The second-order valence-corrected chi connectivity index (χ2v) is 4.62. The summed E-state index contributed by atoms with van der Waals surface area (Å²) in [5.41, 5.74) is 0. The first-order valence-electron chi connectivity index (χ1n) is 4.12. The van der Waals surface area contributed by atoms with Crippen LogP contribution in [0.1, 0.15) is 19.8 Å². The van der Waals surface area contributed by atoms with Gasteiger partial charge in [-0.3, -0.25) is 0 Å². The van der Waals surface area contributed by atoms with Crippen LogP contribution in [0.25, 0.3) is 0 Å². The zero-order valence-corrected chi connectivity index (χ0v) is 8.88. The number of sulfonamides is 1. The van der Waals surface area contributed by atoms with E-state index in [1.807, 2.05) is 0 Å². The summed E-state index contributed by atoms with van der Waals surface area (Å²) >= 11 is 0. The lowest BCUT2D eigenvalue weighted by molar-refractivity contribution is 0.0996. The molecule has 0 aromatic heterocycles. The van der Waals surface area contributed by atoms with Gasteiger partial charge in [0.2, 0.25) is 10.0 Å². The molecular formula is C8H17NO3S. The number of primary sulfonamides is 1. The van der Waals surface area contributed by atoms with Crippen LogP contribution in [-0.4, -0.2) is 26.9 Å². The second-order valence-electron chi connectivity index (χ2n) is 2.83. The molecule has 0 aromatic rings.